The Labute approximate surface area is 133 Å². The molecule has 0 saturated heterocycles. The van der Waals surface area contributed by atoms with E-state index in [-0.39, 0.29) is 24.6 Å². The quantitative estimate of drug-likeness (QED) is 0.510. The maximum Gasteiger partial charge on any atom is 0.407 e. The second kappa shape index (κ2) is 7.56. The number of likely N-dealkylation sites (N-methyl/N-ethyl adjacent to an activating group) is 1. The van der Waals surface area contributed by atoms with Gasteiger partial charge in [-0.05, 0) is 12.8 Å². The van der Waals surface area contributed by atoms with Crippen LogP contribution in [0.2, 0.25) is 0 Å². The maximum atomic E-state index is 11.0. The third-order valence-corrected chi connectivity index (χ3v) is 3.72. The van der Waals surface area contributed by atoms with E-state index in [1.54, 1.807) is 0 Å². The van der Waals surface area contributed by atoms with Crippen molar-refractivity contribution in [3.8, 4) is 0 Å². The molecular formula is C13H20N6O4. The number of nitro groups is 1. The summed E-state index contributed by atoms with van der Waals surface area (Å²) in [5.74, 6) is 0.431. The van der Waals surface area contributed by atoms with Crippen molar-refractivity contribution in [2.45, 2.75) is 31.7 Å². The zero-order valence-corrected chi connectivity index (χ0v) is 12.9. The Hall–Kier alpha value is -2.65. The summed E-state index contributed by atoms with van der Waals surface area (Å²) in [4.78, 5) is 30.4. The van der Waals surface area contributed by atoms with E-state index in [1.165, 1.54) is 7.05 Å². The molecular weight excluding hydrogens is 304 g/mol. The number of anilines is 2. The molecule has 0 aliphatic heterocycles. The summed E-state index contributed by atoms with van der Waals surface area (Å²) in [6, 6.07) is 0.294. The number of hydrogen-bond acceptors (Lipinski definition) is 7. The van der Waals surface area contributed by atoms with Crippen molar-refractivity contribution < 1.29 is 14.8 Å². The Kier molecular flexibility index (Phi) is 5.50. The Morgan fingerprint density at radius 2 is 2.22 bits per heavy atom. The number of nitrogens with zero attached hydrogens (tertiary/aromatic N) is 4. The van der Waals surface area contributed by atoms with Crippen LogP contribution in [0.3, 0.4) is 0 Å². The van der Waals surface area contributed by atoms with Crippen LogP contribution in [0.5, 0.6) is 0 Å². The highest BCUT2D eigenvalue weighted by Crippen LogP contribution is 2.24. The van der Waals surface area contributed by atoms with Crippen molar-refractivity contribution in [1.29, 1.82) is 0 Å². The first-order valence-corrected chi connectivity index (χ1v) is 7.43. The van der Waals surface area contributed by atoms with Crippen LogP contribution >= 0.6 is 0 Å². The molecule has 1 fully saturated rings. The second-order valence-corrected chi connectivity index (χ2v) is 5.44. The van der Waals surface area contributed by atoms with E-state index in [1.807, 2.05) is 0 Å². The minimum atomic E-state index is -1.06. The zero-order valence-electron chi connectivity index (χ0n) is 12.9. The first-order chi connectivity index (χ1) is 11.0. The van der Waals surface area contributed by atoms with Crippen molar-refractivity contribution in [3.05, 3.63) is 16.3 Å². The summed E-state index contributed by atoms with van der Waals surface area (Å²) in [7, 11) is 1.42. The molecule has 0 atom stereocenters. The van der Waals surface area contributed by atoms with Crippen LogP contribution in [0, 0.1) is 10.1 Å². The van der Waals surface area contributed by atoms with Crippen LogP contribution < -0.4 is 10.6 Å². The van der Waals surface area contributed by atoms with Crippen molar-refractivity contribution in [2.24, 2.45) is 0 Å². The van der Waals surface area contributed by atoms with E-state index in [4.69, 9.17) is 5.11 Å². The van der Waals surface area contributed by atoms with Gasteiger partial charge >= 0.3 is 11.8 Å². The number of aromatic nitrogens is 2. The fourth-order valence-electron chi connectivity index (χ4n) is 2.40. The van der Waals surface area contributed by atoms with Crippen molar-refractivity contribution >= 4 is 23.5 Å². The number of hydrogen-bond donors (Lipinski definition) is 3. The average Bonchev–Trinajstić information content (AvgIpc) is 3.00. The van der Waals surface area contributed by atoms with Gasteiger partial charge in [0.05, 0.1) is 4.92 Å². The number of rotatable bonds is 7. The normalized spacial score (nSPS) is 14.5. The first kappa shape index (κ1) is 16.7. The van der Waals surface area contributed by atoms with Crippen molar-refractivity contribution in [1.82, 2.24) is 14.9 Å². The van der Waals surface area contributed by atoms with E-state index in [0.29, 0.717) is 12.0 Å². The summed E-state index contributed by atoms with van der Waals surface area (Å²) in [5, 5.41) is 25.8. The predicted octanol–water partition coefficient (Wildman–Crippen LogP) is 1.76. The minimum absolute atomic E-state index is 0.0873. The Bertz CT molecular complexity index is 576. The molecule has 0 spiro atoms. The zero-order chi connectivity index (χ0) is 16.8. The smallest absolute Gasteiger partial charge is 0.407 e. The Morgan fingerprint density at radius 3 is 2.83 bits per heavy atom. The average molecular weight is 324 g/mol. The van der Waals surface area contributed by atoms with Crippen LogP contribution in [0.15, 0.2) is 6.20 Å². The monoisotopic (exact) mass is 324 g/mol. The SMILES string of the molecule is CN(CCNc1nc(NC2CCCC2)ncc1[N+](=O)[O-])C(=O)O. The van der Waals surface area contributed by atoms with Crippen LogP contribution in [0.4, 0.5) is 22.2 Å². The van der Waals surface area contributed by atoms with E-state index in [9.17, 15) is 14.9 Å². The van der Waals surface area contributed by atoms with Crippen LogP contribution in [0.25, 0.3) is 0 Å². The second-order valence-electron chi connectivity index (χ2n) is 5.44. The van der Waals surface area contributed by atoms with E-state index < -0.39 is 11.0 Å². The van der Waals surface area contributed by atoms with Gasteiger partial charge in [0, 0.05) is 26.2 Å². The van der Waals surface area contributed by atoms with Crippen LogP contribution in [0.1, 0.15) is 25.7 Å². The van der Waals surface area contributed by atoms with Crippen LogP contribution in [-0.4, -0.2) is 57.2 Å². The molecule has 0 unspecified atom stereocenters. The van der Waals surface area contributed by atoms with Gasteiger partial charge in [-0.15, -0.1) is 0 Å². The largest absolute Gasteiger partial charge is 0.465 e. The summed E-state index contributed by atoms with van der Waals surface area (Å²) in [5.41, 5.74) is -0.236. The molecule has 3 N–H and O–H groups in total. The molecule has 23 heavy (non-hydrogen) atoms. The molecule has 1 saturated carbocycles. The minimum Gasteiger partial charge on any atom is -0.465 e. The Balaban J connectivity index is 2.04. The summed E-state index contributed by atoms with van der Waals surface area (Å²) < 4.78 is 0. The molecule has 1 amide bonds. The van der Waals surface area contributed by atoms with Gasteiger partial charge in [0.2, 0.25) is 11.8 Å². The fraction of sp³-hybridized carbons (Fsp3) is 0.615. The predicted molar refractivity (Wildman–Crippen MR) is 83.7 cm³/mol. The molecule has 1 aromatic rings. The van der Waals surface area contributed by atoms with Gasteiger partial charge in [0.15, 0.2) is 0 Å². The highest BCUT2D eigenvalue weighted by atomic mass is 16.6. The Morgan fingerprint density at radius 1 is 1.52 bits per heavy atom. The summed E-state index contributed by atoms with van der Waals surface area (Å²) in [6.45, 7) is 0.394. The molecule has 0 radical (unpaired) electrons. The van der Waals surface area contributed by atoms with Gasteiger partial charge in [-0.2, -0.15) is 4.98 Å². The third-order valence-electron chi connectivity index (χ3n) is 3.72. The molecule has 2 rings (SSSR count). The summed E-state index contributed by atoms with van der Waals surface area (Å²) in [6.07, 6.45) is 4.47. The molecule has 1 heterocycles. The van der Waals surface area contributed by atoms with Gasteiger partial charge in [0.1, 0.15) is 6.20 Å². The van der Waals surface area contributed by atoms with Gasteiger partial charge in [-0.1, -0.05) is 12.8 Å². The number of nitrogens with one attached hydrogen (secondary N) is 2. The molecule has 1 aliphatic carbocycles. The van der Waals surface area contributed by atoms with Gasteiger partial charge in [-0.3, -0.25) is 10.1 Å². The lowest BCUT2D eigenvalue weighted by atomic mass is 10.2. The third kappa shape index (κ3) is 4.66. The lowest BCUT2D eigenvalue weighted by molar-refractivity contribution is -0.384. The van der Waals surface area contributed by atoms with Crippen molar-refractivity contribution in [3.63, 3.8) is 0 Å². The summed E-state index contributed by atoms with van der Waals surface area (Å²) >= 11 is 0. The molecule has 0 aromatic carbocycles. The van der Waals surface area contributed by atoms with Crippen LogP contribution in [-0.2, 0) is 0 Å². The standard InChI is InChI=1S/C13H20N6O4/c1-18(13(20)21)7-6-14-11-10(19(22)23)8-15-12(17-11)16-9-4-2-3-5-9/h8-9H,2-7H2,1H3,(H,20,21)(H2,14,15,16,17). The van der Waals surface area contributed by atoms with E-state index >= 15 is 0 Å². The van der Waals surface area contributed by atoms with E-state index in [2.05, 4.69) is 20.6 Å². The number of amides is 1. The van der Waals surface area contributed by atoms with Gasteiger partial charge in [0.25, 0.3) is 0 Å². The number of carbonyl (C=O) groups is 1. The fourth-order valence-corrected chi connectivity index (χ4v) is 2.40. The molecule has 126 valence electrons. The van der Waals surface area contributed by atoms with Crippen molar-refractivity contribution in [2.75, 3.05) is 30.8 Å². The topological polar surface area (TPSA) is 134 Å². The highest BCUT2D eigenvalue weighted by Gasteiger charge is 2.20. The lowest BCUT2D eigenvalue weighted by Crippen LogP contribution is -2.30. The lowest BCUT2D eigenvalue weighted by Gasteiger charge is -2.15. The highest BCUT2D eigenvalue weighted by molar-refractivity contribution is 5.64. The van der Waals surface area contributed by atoms with Gasteiger partial charge in [-0.25, -0.2) is 9.78 Å². The molecule has 0 bridgehead atoms. The maximum absolute atomic E-state index is 11.0. The van der Waals surface area contributed by atoms with Gasteiger partial charge < -0.3 is 20.6 Å². The number of carboxylic acid groups (broad SMARTS) is 1. The van der Waals surface area contributed by atoms with E-state index in [0.717, 1.165) is 36.8 Å². The molecule has 10 heteroatoms. The molecule has 10 nitrogen and oxygen atoms in total. The first-order valence-electron chi connectivity index (χ1n) is 7.43. The molecule has 1 aliphatic rings. The molecule has 1 aromatic heterocycles.